The number of aromatic nitrogens is 2. The van der Waals surface area contributed by atoms with Gasteiger partial charge in [0.15, 0.2) is 0 Å². The van der Waals surface area contributed by atoms with Crippen LogP contribution in [0.3, 0.4) is 0 Å². The van der Waals surface area contributed by atoms with E-state index in [0.717, 1.165) is 23.9 Å². The third-order valence-electron chi connectivity index (χ3n) is 4.69. The van der Waals surface area contributed by atoms with E-state index in [2.05, 4.69) is 4.98 Å². The van der Waals surface area contributed by atoms with E-state index in [0.29, 0.717) is 6.07 Å². The molecule has 0 spiro atoms. The summed E-state index contributed by atoms with van der Waals surface area (Å²) in [6.45, 7) is -0.0271. The second-order valence-electron chi connectivity index (χ2n) is 6.94. The summed E-state index contributed by atoms with van der Waals surface area (Å²) in [5.41, 5.74) is -3.39. The molecule has 1 aromatic heterocycles. The molecule has 0 aliphatic carbocycles. The number of hydrogen-bond acceptors (Lipinski definition) is 6. The molecule has 3 N–H and O–H groups in total. The third kappa shape index (κ3) is 5.82. The highest BCUT2D eigenvalue weighted by atomic mass is 32.2. The molecular formula is C21H20F4N2O5S. The number of nitrogens with one attached hydrogen (secondary N) is 2. The fraction of sp³-hybridized carbons (Fsp3) is 0.333. The number of halogens is 4. The molecule has 0 saturated carbocycles. The maximum Gasteiger partial charge on any atom is 0.417 e. The second kappa shape index (κ2) is 10.5. The summed E-state index contributed by atoms with van der Waals surface area (Å²) in [7, 11) is 1.46. The Kier molecular flexibility index (Phi) is 7.95. The van der Waals surface area contributed by atoms with E-state index in [-0.39, 0.29) is 45.9 Å². The molecule has 33 heavy (non-hydrogen) atoms. The number of benzene rings is 2. The predicted octanol–water partition coefficient (Wildman–Crippen LogP) is 3.16. The van der Waals surface area contributed by atoms with E-state index >= 15 is 0 Å². The first-order valence-electron chi connectivity index (χ1n) is 9.66. The van der Waals surface area contributed by atoms with Crippen LogP contribution in [-0.2, 0) is 15.7 Å². The minimum absolute atomic E-state index is 0.000348. The zero-order chi connectivity index (χ0) is 24.2. The molecule has 0 bridgehead atoms. The summed E-state index contributed by atoms with van der Waals surface area (Å²) in [4.78, 5) is 28.5. The van der Waals surface area contributed by atoms with Crippen LogP contribution in [-0.4, -0.2) is 53.9 Å². The number of alkyl halides is 3. The van der Waals surface area contributed by atoms with Gasteiger partial charge in [0, 0.05) is 23.3 Å². The number of thioether (sulfide) groups is 1. The van der Waals surface area contributed by atoms with Crippen LogP contribution in [0.15, 0.2) is 44.8 Å². The van der Waals surface area contributed by atoms with Gasteiger partial charge >= 0.3 is 11.9 Å². The fourth-order valence-electron chi connectivity index (χ4n) is 3.18. The number of methoxy groups -OCH3 is 1. The summed E-state index contributed by atoms with van der Waals surface area (Å²) in [5, 5.41) is 9.23. The lowest BCUT2D eigenvalue weighted by Gasteiger charge is -2.21. The Bertz CT molecular complexity index is 1220. The molecule has 7 nitrogen and oxygen atoms in total. The lowest BCUT2D eigenvalue weighted by molar-refractivity contribution is -0.137. The SMILES string of the molecule is COCCO[C@H](CO)CSc1c(-c2ccc(F)cc2)c(C(F)(F)F)cc2c(=O)[nH]c(=O)[nH]c12. The van der Waals surface area contributed by atoms with Crippen LogP contribution < -0.4 is 11.2 Å². The van der Waals surface area contributed by atoms with E-state index in [9.17, 15) is 32.3 Å². The standard InChI is InChI=1S/C21H20F4N2O5S/c1-31-6-7-32-13(9-28)10-33-18-16(11-2-4-12(22)5-3-11)15(21(23,24)25)8-14-17(18)26-20(30)27-19(14)29/h2-5,8,13,28H,6-7,9-10H2,1H3,(H2,26,27,29,30)/t13-/m1/s1. The number of H-pyrrole nitrogens is 2. The Balaban J connectivity index is 2.24. The van der Waals surface area contributed by atoms with Crippen molar-refractivity contribution in [2.75, 3.05) is 32.7 Å². The molecule has 0 fully saturated rings. The van der Waals surface area contributed by atoms with Crippen LogP contribution in [0.1, 0.15) is 5.56 Å². The Morgan fingerprint density at radius 1 is 1.12 bits per heavy atom. The predicted molar refractivity (Wildman–Crippen MR) is 115 cm³/mol. The molecule has 1 atom stereocenters. The molecule has 2 aromatic carbocycles. The van der Waals surface area contributed by atoms with Crippen molar-refractivity contribution in [1.82, 2.24) is 9.97 Å². The van der Waals surface area contributed by atoms with Gasteiger partial charge in [0.25, 0.3) is 5.56 Å². The Hall–Kier alpha value is -2.67. The van der Waals surface area contributed by atoms with E-state index in [4.69, 9.17) is 9.47 Å². The van der Waals surface area contributed by atoms with Gasteiger partial charge in [-0.15, -0.1) is 11.8 Å². The number of rotatable bonds is 9. The molecular weight excluding hydrogens is 468 g/mol. The lowest BCUT2D eigenvalue weighted by Crippen LogP contribution is -2.24. The number of aromatic amines is 2. The van der Waals surface area contributed by atoms with Gasteiger partial charge in [0.1, 0.15) is 5.82 Å². The molecule has 0 aliphatic heterocycles. The quantitative estimate of drug-likeness (QED) is 0.243. The first-order valence-corrected chi connectivity index (χ1v) is 10.6. The number of hydrogen-bond donors (Lipinski definition) is 3. The highest BCUT2D eigenvalue weighted by Crippen LogP contribution is 2.45. The number of aliphatic hydroxyl groups excluding tert-OH is 1. The summed E-state index contributed by atoms with van der Waals surface area (Å²) < 4.78 is 66.0. The second-order valence-corrected chi connectivity index (χ2v) is 7.97. The van der Waals surface area contributed by atoms with Gasteiger partial charge < -0.3 is 19.6 Å². The lowest BCUT2D eigenvalue weighted by atomic mass is 9.97. The van der Waals surface area contributed by atoms with Crippen molar-refractivity contribution in [2.24, 2.45) is 0 Å². The largest absolute Gasteiger partial charge is 0.417 e. The van der Waals surface area contributed by atoms with E-state index in [1.54, 1.807) is 0 Å². The van der Waals surface area contributed by atoms with Crippen LogP contribution in [0.4, 0.5) is 17.6 Å². The minimum atomic E-state index is -4.86. The first kappa shape index (κ1) is 25.0. The molecule has 0 aliphatic rings. The van der Waals surface area contributed by atoms with Gasteiger partial charge in [-0.1, -0.05) is 12.1 Å². The number of ether oxygens (including phenoxy) is 2. The average molecular weight is 488 g/mol. The highest BCUT2D eigenvalue weighted by Gasteiger charge is 2.36. The van der Waals surface area contributed by atoms with Crippen molar-refractivity contribution < 1.29 is 32.1 Å². The molecule has 12 heteroatoms. The van der Waals surface area contributed by atoms with Gasteiger partial charge in [-0.3, -0.25) is 9.78 Å². The average Bonchev–Trinajstić information content (AvgIpc) is 2.75. The summed E-state index contributed by atoms with van der Waals surface area (Å²) in [6.07, 6.45) is -5.62. The maximum absolute atomic E-state index is 14.1. The molecule has 0 amide bonds. The topological polar surface area (TPSA) is 104 Å². The number of fused-ring (bicyclic) bond motifs is 1. The molecule has 0 radical (unpaired) electrons. The monoisotopic (exact) mass is 488 g/mol. The van der Waals surface area contributed by atoms with Crippen molar-refractivity contribution in [3.8, 4) is 11.1 Å². The molecule has 3 rings (SSSR count). The van der Waals surface area contributed by atoms with Crippen molar-refractivity contribution >= 4 is 22.7 Å². The fourth-order valence-corrected chi connectivity index (χ4v) is 4.41. The van der Waals surface area contributed by atoms with Crippen molar-refractivity contribution in [3.05, 3.63) is 62.6 Å². The molecule has 0 saturated heterocycles. The molecule has 1 heterocycles. The normalized spacial score (nSPS) is 12.9. The van der Waals surface area contributed by atoms with Gasteiger partial charge in [0.05, 0.1) is 42.4 Å². The first-order chi connectivity index (χ1) is 15.7. The van der Waals surface area contributed by atoms with E-state index in [1.165, 1.54) is 19.2 Å². The summed E-state index contributed by atoms with van der Waals surface area (Å²) in [6, 6.07) is 5.04. The Labute approximate surface area is 188 Å². The molecule has 178 valence electrons. The maximum atomic E-state index is 14.1. The third-order valence-corrected chi connectivity index (χ3v) is 5.92. The minimum Gasteiger partial charge on any atom is -0.394 e. The number of aliphatic hydroxyl groups is 1. The zero-order valence-electron chi connectivity index (χ0n) is 17.3. The van der Waals surface area contributed by atoms with Crippen molar-refractivity contribution in [1.29, 1.82) is 0 Å². The van der Waals surface area contributed by atoms with E-state index in [1.807, 2.05) is 4.98 Å². The van der Waals surface area contributed by atoms with Crippen LogP contribution in [0.2, 0.25) is 0 Å². The van der Waals surface area contributed by atoms with Crippen molar-refractivity contribution in [2.45, 2.75) is 17.2 Å². The molecule has 3 aromatic rings. The van der Waals surface area contributed by atoms with Gasteiger partial charge in [-0.25, -0.2) is 9.18 Å². The van der Waals surface area contributed by atoms with Crippen LogP contribution in [0.25, 0.3) is 22.0 Å². The Morgan fingerprint density at radius 2 is 1.82 bits per heavy atom. The smallest absolute Gasteiger partial charge is 0.394 e. The summed E-state index contributed by atoms with van der Waals surface area (Å²) in [5.74, 6) is -0.640. The zero-order valence-corrected chi connectivity index (χ0v) is 18.1. The Morgan fingerprint density at radius 3 is 2.42 bits per heavy atom. The van der Waals surface area contributed by atoms with Gasteiger partial charge in [-0.2, -0.15) is 13.2 Å². The van der Waals surface area contributed by atoms with Crippen LogP contribution in [0.5, 0.6) is 0 Å². The van der Waals surface area contributed by atoms with Gasteiger partial charge in [0.2, 0.25) is 0 Å². The van der Waals surface area contributed by atoms with Crippen LogP contribution >= 0.6 is 11.8 Å². The summed E-state index contributed by atoms with van der Waals surface area (Å²) >= 11 is 0.871. The molecule has 0 unspecified atom stereocenters. The van der Waals surface area contributed by atoms with Crippen LogP contribution in [0, 0.1) is 5.82 Å². The highest BCUT2D eigenvalue weighted by molar-refractivity contribution is 7.99. The van der Waals surface area contributed by atoms with E-state index < -0.39 is 41.5 Å². The van der Waals surface area contributed by atoms with Gasteiger partial charge in [-0.05, 0) is 23.8 Å². The van der Waals surface area contributed by atoms with Crippen molar-refractivity contribution in [3.63, 3.8) is 0 Å².